The Morgan fingerprint density at radius 1 is 1.07 bits per heavy atom. The summed E-state index contributed by atoms with van der Waals surface area (Å²) in [6.07, 6.45) is 1.82. The van der Waals surface area contributed by atoms with Gasteiger partial charge in [0.05, 0.1) is 14.2 Å². The van der Waals surface area contributed by atoms with Crippen molar-refractivity contribution >= 4 is 0 Å². The average Bonchev–Trinajstić information content (AvgIpc) is 2.78. The lowest BCUT2D eigenvalue weighted by Crippen LogP contribution is -1.84. The van der Waals surface area contributed by atoms with E-state index >= 15 is 0 Å². The highest BCUT2D eigenvalue weighted by Gasteiger charge is 2.05. The van der Waals surface area contributed by atoms with Crippen LogP contribution in [0.15, 0.2) is 34.9 Å². The van der Waals surface area contributed by atoms with E-state index in [0.717, 1.165) is 17.0 Å². The normalized spacial score (nSPS) is 10.0. The first-order valence-electron chi connectivity index (χ1n) is 4.47. The van der Waals surface area contributed by atoms with Crippen LogP contribution in [-0.2, 0) is 0 Å². The first-order chi connectivity index (χ1) is 7.33. The minimum absolute atomic E-state index is 0.265. The van der Waals surface area contributed by atoms with E-state index in [-0.39, 0.29) is 6.08 Å². The summed E-state index contributed by atoms with van der Waals surface area (Å²) >= 11 is 0. The standard InChI is InChI=1S/C11H11NO3/c1-13-9-5-3-8(4-6-9)10-7-15-11(12-10)14-2/h3-7H,1-2H3. The average molecular weight is 205 g/mol. The molecule has 0 atom stereocenters. The van der Waals surface area contributed by atoms with E-state index in [1.54, 1.807) is 13.4 Å². The topological polar surface area (TPSA) is 44.5 Å². The summed E-state index contributed by atoms with van der Waals surface area (Å²) in [5.41, 5.74) is 1.71. The van der Waals surface area contributed by atoms with Crippen molar-refractivity contribution in [2.45, 2.75) is 0 Å². The van der Waals surface area contributed by atoms with E-state index in [9.17, 15) is 0 Å². The maximum Gasteiger partial charge on any atom is 0.393 e. The summed E-state index contributed by atoms with van der Waals surface area (Å²) in [5.74, 6) is 0.814. The summed E-state index contributed by atoms with van der Waals surface area (Å²) in [5, 5.41) is 0. The second-order valence-corrected chi connectivity index (χ2v) is 2.93. The molecule has 0 unspecified atom stereocenters. The number of rotatable bonds is 3. The zero-order valence-electron chi connectivity index (χ0n) is 8.56. The van der Waals surface area contributed by atoms with E-state index in [0.29, 0.717) is 0 Å². The van der Waals surface area contributed by atoms with Crippen molar-refractivity contribution in [3.05, 3.63) is 30.5 Å². The quantitative estimate of drug-likeness (QED) is 0.771. The fraction of sp³-hybridized carbons (Fsp3) is 0.182. The highest BCUT2D eigenvalue weighted by atomic mass is 16.6. The van der Waals surface area contributed by atoms with Gasteiger partial charge >= 0.3 is 6.08 Å². The van der Waals surface area contributed by atoms with E-state index < -0.39 is 0 Å². The molecule has 0 aliphatic carbocycles. The Morgan fingerprint density at radius 2 is 1.80 bits per heavy atom. The van der Waals surface area contributed by atoms with Crippen LogP contribution >= 0.6 is 0 Å². The minimum atomic E-state index is 0.265. The summed E-state index contributed by atoms with van der Waals surface area (Å²) in [4.78, 5) is 4.12. The van der Waals surface area contributed by atoms with E-state index in [4.69, 9.17) is 13.9 Å². The van der Waals surface area contributed by atoms with Crippen molar-refractivity contribution in [1.29, 1.82) is 0 Å². The molecule has 15 heavy (non-hydrogen) atoms. The van der Waals surface area contributed by atoms with E-state index in [1.165, 1.54) is 7.11 Å². The van der Waals surface area contributed by atoms with Crippen LogP contribution in [0.5, 0.6) is 11.8 Å². The van der Waals surface area contributed by atoms with Gasteiger partial charge in [-0.15, -0.1) is 0 Å². The van der Waals surface area contributed by atoms with Gasteiger partial charge in [-0.05, 0) is 24.3 Å². The molecular weight excluding hydrogens is 194 g/mol. The number of ether oxygens (including phenoxy) is 2. The largest absolute Gasteiger partial charge is 0.497 e. The van der Waals surface area contributed by atoms with Gasteiger partial charge in [0.25, 0.3) is 0 Å². The molecule has 0 radical (unpaired) electrons. The Kier molecular flexibility index (Phi) is 2.58. The van der Waals surface area contributed by atoms with Crippen LogP contribution < -0.4 is 9.47 Å². The van der Waals surface area contributed by atoms with Crippen LogP contribution in [0, 0.1) is 0 Å². The highest BCUT2D eigenvalue weighted by Crippen LogP contribution is 2.23. The molecule has 0 N–H and O–H groups in total. The number of benzene rings is 1. The van der Waals surface area contributed by atoms with Gasteiger partial charge in [0.15, 0.2) is 0 Å². The third-order valence-corrected chi connectivity index (χ3v) is 2.04. The molecule has 0 fully saturated rings. The molecule has 0 aliphatic rings. The van der Waals surface area contributed by atoms with Gasteiger partial charge in [0.2, 0.25) is 0 Å². The molecule has 2 rings (SSSR count). The Bertz CT molecular complexity index is 433. The summed E-state index contributed by atoms with van der Waals surface area (Å²) in [6.45, 7) is 0. The number of nitrogens with zero attached hydrogens (tertiary/aromatic N) is 1. The van der Waals surface area contributed by atoms with Crippen molar-refractivity contribution in [2.75, 3.05) is 14.2 Å². The fourth-order valence-corrected chi connectivity index (χ4v) is 1.25. The SMILES string of the molecule is COc1ccc(-c2coc(OC)n2)cc1. The molecule has 1 aromatic heterocycles. The zero-order chi connectivity index (χ0) is 10.7. The molecule has 78 valence electrons. The predicted molar refractivity (Wildman–Crippen MR) is 55.0 cm³/mol. The molecule has 0 bridgehead atoms. The summed E-state index contributed by atoms with van der Waals surface area (Å²) in [6, 6.07) is 7.57. The van der Waals surface area contributed by atoms with Gasteiger partial charge in [0.1, 0.15) is 17.7 Å². The predicted octanol–water partition coefficient (Wildman–Crippen LogP) is 2.36. The first kappa shape index (κ1) is 9.58. The Balaban J connectivity index is 2.28. The maximum atomic E-state index is 5.06. The summed E-state index contributed by atoms with van der Waals surface area (Å²) in [7, 11) is 3.15. The van der Waals surface area contributed by atoms with Gasteiger partial charge in [-0.1, -0.05) is 0 Å². The Labute approximate surface area is 87.5 Å². The number of hydrogen-bond donors (Lipinski definition) is 0. The Morgan fingerprint density at radius 3 is 2.33 bits per heavy atom. The fourth-order valence-electron chi connectivity index (χ4n) is 1.25. The maximum absolute atomic E-state index is 5.06. The van der Waals surface area contributed by atoms with Crippen molar-refractivity contribution in [3.8, 4) is 23.1 Å². The van der Waals surface area contributed by atoms with Crippen molar-refractivity contribution in [2.24, 2.45) is 0 Å². The van der Waals surface area contributed by atoms with Gasteiger partial charge in [-0.3, -0.25) is 0 Å². The lowest BCUT2D eigenvalue weighted by atomic mass is 10.2. The molecule has 4 nitrogen and oxygen atoms in total. The third-order valence-electron chi connectivity index (χ3n) is 2.04. The zero-order valence-corrected chi connectivity index (χ0v) is 8.56. The van der Waals surface area contributed by atoms with Gasteiger partial charge in [-0.2, -0.15) is 4.98 Å². The third kappa shape index (κ3) is 1.93. The van der Waals surface area contributed by atoms with E-state index in [1.807, 2.05) is 24.3 Å². The summed E-state index contributed by atoms with van der Waals surface area (Å²) < 4.78 is 15.0. The van der Waals surface area contributed by atoms with Crippen molar-refractivity contribution < 1.29 is 13.9 Å². The van der Waals surface area contributed by atoms with Crippen LogP contribution in [0.25, 0.3) is 11.3 Å². The number of hydrogen-bond acceptors (Lipinski definition) is 4. The first-order valence-corrected chi connectivity index (χ1v) is 4.47. The van der Waals surface area contributed by atoms with Gasteiger partial charge in [-0.25, -0.2) is 0 Å². The lowest BCUT2D eigenvalue weighted by Gasteiger charge is -1.99. The van der Waals surface area contributed by atoms with E-state index in [2.05, 4.69) is 4.98 Å². The number of aromatic nitrogens is 1. The molecule has 0 aliphatic heterocycles. The molecule has 0 saturated carbocycles. The minimum Gasteiger partial charge on any atom is -0.497 e. The molecule has 1 aromatic carbocycles. The smallest absolute Gasteiger partial charge is 0.393 e. The van der Waals surface area contributed by atoms with Crippen molar-refractivity contribution in [3.63, 3.8) is 0 Å². The molecular formula is C11H11NO3. The Hall–Kier alpha value is -1.97. The van der Waals surface area contributed by atoms with Gasteiger partial charge in [0, 0.05) is 5.56 Å². The highest BCUT2D eigenvalue weighted by molar-refractivity contribution is 5.59. The van der Waals surface area contributed by atoms with Crippen molar-refractivity contribution in [1.82, 2.24) is 4.98 Å². The van der Waals surface area contributed by atoms with Crippen LogP contribution in [0.2, 0.25) is 0 Å². The lowest BCUT2D eigenvalue weighted by molar-refractivity contribution is 0.290. The van der Waals surface area contributed by atoms with Crippen LogP contribution in [0.1, 0.15) is 0 Å². The molecule has 0 saturated heterocycles. The van der Waals surface area contributed by atoms with Crippen LogP contribution in [0.4, 0.5) is 0 Å². The second kappa shape index (κ2) is 4.04. The molecule has 2 aromatic rings. The number of oxazole rings is 1. The van der Waals surface area contributed by atoms with Gasteiger partial charge < -0.3 is 13.9 Å². The molecule has 4 heteroatoms. The van der Waals surface area contributed by atoms with Crippen LogP contribution in [0.3, 0.4) is 0 Å². The molecule has 0 amide bonds. The van der Waals surface area contributed by atoms with Crippen LogP contribution in [-0.4, -0.2) is 19.2 Å². The molecule has 1 heterocycles. The number of methoxy groups -OCH3 is 2. The monoisotopic (exact) mass is 205 g/mol. The molecule has 0 spiro atoms. The second-order valence-electron chi connectivity index (χ2n) is 2.93.